The van der Waals surface area contributed by atoms with E-state index in [4.69, 9.17) is 4.57 Å². The predicted octanol–water partition coefficient (Wildman–Crippen LogP) is 0.470. The molecular formula is HOPW2. The van der Waals surface area contributed by atoms with Crippen LogP contribution >= 0.6 is 9.12 Å². The Morgan fingerprint density at radius 1 is 1.00 bits per heavy atom. The van der Waals surface area contributed by atoms with Gasteiger partial charge in [-0.15, -0.1) is 0 Å². The molecule has 0 aliphatic carbocycles. The standard InChI is InChI=1S/HOP.2W/c1-2;;/h2H;;. The van der Waals surface area contributed by atoms with E-state index in [0.29, 0.717) is 0 Å². The maximum atomic E-state index is 8.06. The van der Waals surface area contributed by atoms with E-state index in [-0.39, 0.29) is 42.1 Å². The van der Waals surface area contributed by atoms with Crippen LogP contribution in [0.2, 0.25) is 0 Å². The molecule has 0 heterocycles. The van der Waals surface area contributed by atoms with Crippen molar-refractivity contribution in [3.8, 4) is 0 Å². The van der Waals surface area contributed by atoms with Crippen LogP contribution in [0.5, 0.6) is 0 Å². The molecule has 24 valence electrons. The van der Waals surface area contributed by atoms with Gasteiger partial charge in [0.15, 0.2) is 0 Å². The number of rotatable bonds is 0. The molecule has 0 fully saturated rings. The average Bonchev–Trinajstić information content (AvgIpc) is 1.00. The van der Waals surface area contributed by atoms with Crippen LogP contribution in [0.3, 0.4) is 0 Å². The second-order valence-electron chi connectivity index (χ2n) is 0. The van der Waals surface area contributed by atoms with Gasteiger partial charge in [-0.2, -0.15) is 0 Å². The monoisotopic (exact) mass is 416 g/mol. The zero-order chi connectivity index (χ0) is 2.00. The zero-order valence-corrected chi connectivity index (χ0v) is 8.59. The van der Waals surface area contributed by atoms with Crippen LogP contribution in [0.15, 0.2) is 0 Å². The molecule has 0 atom stereocenters. The minimum atomic E-state index is 0. The Morgan fingerprint density at radius 3 is 1.00 bits per heavy atom. The molecule has 0 radical (unpaired) electrons. The Hall–Kier alpha value is 1.48. The van der Waals surface area contributed by atoms with Gasteiger partial charge in [0.1, 0.15) is 9.12 Å². The Labute approximate surface area is 55.7 Å². The van der Waals surface area contributed by atoms with Crippen molar-refractivity contribution in [2.75, 3.05) is 0 Å². The van der Waals surface area contributed by atoms with Gasteiger partial charge >= 0.3 is 0 Å². The van der Waals surface area contributed by atoms with Crippen molar-refractivity contribution in [2.45, 2.75) is 0 Å². The third-order valence-electron chi connectivity index (χ3n) is 0. The summed E-state index contributed by atoms with van der Waals surface area (Å²) >= 11 is 0. The average molecular weight is 416 g/mol. The molecule has 0 aromatic heterocycles. The Bertz CT molecular complexity index is 6.00. The van der Waals surface area contributed by atoms with E-state index in [0.717, 1.165) is 0 Å². The zero-order valence-electron chi connectivity index (χ0n) is 1.72. The fraction of sp³-hybridized carbons (Fsp3) is 0. The van der Waals surface area contributed by atoms with Gasteiger partial charge in [0.2, 0.25) is 0 Å². The van der Waals surface area contributed by atoms with E-state index >= 15 is 0 Å². The fourth-order valence-corrected chi connectivity index (χ4v) is 0. The maximum Gasteiger partial charge on any atom is 0.138 e. The first kappa shape index (κ1) is 17.9. The van der Waals surface area contributed by atoms with Gasteiger partial charge in [-0.1, -0.05) is 0 Å². The van der Waals surface area contributed by atoms with Crippen molar-refractivity contribution >= 4 is 9.12 Å². The second-order valence-corrected chi connectivity index (χ2v) is 0. The normalized spacial score (nSPS) is 1.00. The van der Waals surface area contributed by atoms with E-state index in [1.807, 2.05) is 0 Å². The molecule has 0 aliphatic heterocycles. The van der Waals surface area contributed by atoms with E-state index in [2.05, 4.69) is 0 Å². The minimum Gasteiger partial charge on any atom is -0.279 e. The molecule has 0 aliphatic rings. The van der Waals surface area contributed by atoms with Gasteiger partial charge in [-0.05, 0) is 0 Å². The topological polar surface area (TPSA) is 17.1 Å². The van der Waals surface area contributed by atoms with E-state index in [1.165, 1.54) is 0 Å². The minimum absolute atomic E-state index is 0. The summed E-state index contributed by atoms with van der Waals surface area (Å²) in [6.45, 7) is 0. The summed E-state index contributed by atoms with van der Waals surface area (Å²) in [5.41, 5.74) is 0. The van der Waals surface area contributed by atoms with Gasteiger partial charge in [0.25, 0.3) is 0 Å². The summed E-state index contributed by atoms with van der Waals surface area (Å²) in [7, 11) is 1.72. The molecule has 0 unspecified atom stereocenters. The van der Waals surface area contributed by atoms with E-state index in [1.54, 1.807) is 9.12 Å². The molecule has 0 rings (SSSR count). The molecule has 1 nitrogen and oxygen atoms in total. The SMILES string of the molecule is O=P.[W].[W]. The second kappa shape index (κ2) is 24.8. The molecular weight excluding hydrogens is 415 g/mol. The van der Waals surface area contributed by atoms with E-state index < -0.39 is 0 Å². The van der Waals surface area contributed by atoms with Crippen LogP contribution in [0.1, 0.15) is 0 Å². The van der Waals surface area contributed by atoms with Crippen LogP contribution in [-0.4, -0.2) is 0 Å². The first-order valence-corrected chi connectivity index (χ1v) is 0.612. The predicted molar refractivity (Wildman–Crippen MR) is 9.00 cm³/mol. The van der Waals surface area contributed by atoms with Crippen molar-refractivity contribution in [1.29, 1.82) is 0 Å². The molecule has 0 aromatic carbocycles. The number of hydrogen-bond donors (Lipinski definition) is 0. The summed E-state index contributed by atoms with van der Waals surface area (Å²) in [5.74, 6) is 0. The molecule has 0 saturated heterocycles. The van der Waals surface area contributed by atoms with Crippen LogP contribution in [0, 0.1) is 0 Å². The largest absolute Gasteiger partial charge is 0.279 e. The van der Waals surface area contributed by atoms with Gasteiger partial charge in [0.05, 0.1) is 0 Å². The van der Waals surface area contributed by atoms with Crippen LogP contribution in [-0.2, 0) is 46.7 Å². The summed E-state index contributed by atoms with van der Waals surface area (Å²) in [5, 5.41) is 0. The van der Waals surface area contributed by atoms with Crippen LogP contribution in [0.25, 0.3) is 0 Å². The van der Waals surface area contributed by atoms with Crippen molar-refractivity contribution in [1.82, 2.24) is 0 Å². The van der Waals surface area contributed by atoms with Gasteiger partial charge < -0.3 is 0 Å². The first-order valence-electron chi connectivity index (χ1n) is 0.204. The Morgan fingerprint density at radius 2 is 1.00 bits per heavy atom. The maximum absolute atomic E-state index is 8.06. The van der Waals surface area contributed by atoms with Gasteiger partial charge in [-0.25, -0.2) is 0 Å². The van der Waals surface area contributed by atoms with Crippen LogP contribution in [0.4, 0.5) is 0 Å². The molecule has 0 bridgehead atoms. The summed E-state index contributed by atoms with van der Waals surface area (Å²) in [4.78, 5) is 0. The summed E-state index contributed by atoms with van der Waals surface area (Å²) in [6, 6.07) is 0. The fourth-order valence-electron chi connectivity index (χ4n) is 0. The molecule has 0 amide bonds. The molecule has 4 heteroatoms. The van der Waals surface area contributed by atoms with Crippen molar-refractivity contribution < 1.29 is 46.7 Å². The van der Waals surface area contributed by atoms with Gasteiger partial charge in [-0.3, -0.25) is 4.57 Å². The Balaban J connectivity index is -0.00000000500. The molecule has 0 aromatic rings. The smallest absolute Gasteiger partial charge is 0.138 e. The van der Waals surface area contributed by atoms with Crippen molar-refractivity contribution in [3.05, 3.63) is 0 Å². The molecule has 0 spiro atoms. The third-order valence-corrected chi connectivity index (χ3v) is 0. The quantitative estimate of drug-likeness (QED) is 0.526. The van der Waals surface area contributed by atoms with Crippen LogP contribution < -0.4 is 0 Å². The van der Waals surface area contributed by atoms with E-state index in [9.17, 15) is 0 Å². The summed E-state index contributed by atoms with van der Waals surface area (Å²) in [6.07, 6.45) is 0. The Kier molecular flexibility index (Phi) is 111. The first-order chi connectivity index (χ1) is 1.00. The van der Waals surface area contributed by atoms with Crippen molar-refractivity contribution in [2.24, 2.45) is 0 Å². The van der Waals surface area contributed by atoms with Crippen molar-refractivity contribution in [3.63, 3.8) is 0 Å². The molecule has 4 heavy (non-hydrogen) atoms. The molecule has 0 saturated carbocycles. The third kappa shape index (κ3) is 9.78. The van der Waals surface area contributed by atoms with Gasteiger partial charge in [0, 0.05) is 42.1 Å². The molecule has 0 N–H and O–H groups in total. The summed E-state index contributed by atoms with van der Waals surface area (Å²) < 4.78 is 8.06. The number of hydrogen-bond acceptors (Lipinski definition) is 1.